The van der Waals surface area contributed by atoms with Crippen molar-refractivity contribution in [1.82, 2.24) is 10.2 Å². The van der Waals surface area contributed by atoms with Crippen LogP contribution in [0, 0.1) is 11.8 Å². The van der Waals surface area contributed by atoms with Gasteiger partial charge in [-0.25, -0.2) is 0 Å². The Labute approximate surface area is 98.4 Å². The third-order valence-electron chi connectivity index (χ3n) is 2.92. The molecule has 1 fully saturated rings. The third kappa shape index (κ3) is 2.46. The Hall–Kier alpha value is -1.85. The average Bonchev–Trinajstić information content (AvgIpc) is 2.93. The number of nitrogens with zero attached hydrogens (tertiary/aromatic N) is 1. The van der Waals surface area contributed by atoms with Gasteiger partial charge >= 0.3 is 5.97 Å². The van der Waals surface area contributed by atoms with Crippen LogP contribution in [0.15, 0.2) is 6.07 Å². The molecule has 1 aromatic heterocycles. The molecule has 92 valence electrons. The molecule has 17 heavy (non-hydrogen) atoms. The molecule has 6 nitrogen and oxygen atoms in total. The summed E-state index contributed by atoms with van der Waals surface area (Å²) >= 11 is 0. The molecule has 1 amide bonds. The van der Waals surface area contributed by atoms with Crippen molar-refractivity contribution in [3.05, 3.63) is 11.8 Å². The van der Waals surface area contributed by atoms with E-state index in [1.54, 1.807) is 6.07 Å². The third-order valence-corrected chi connectivity index (χ3v) is 2.92. The van der Waals surface area contributed by atoms with Crippen LogP contribution in [0.2, 0.25) is 0 Å². The number of carboxylic acids is 1. The Bertz CT molecular complexity index is 453. The lowest BCUT2D eigenvalue weighted by atomic mass is 10.1. The van der Waals surface area contributed by atoms with Gasteiger partial charge in [-0.15, -0.1) is 0 Å². The molecule has 0 spiro atoms. The van der Waals surface area contributed by atoms with Gasteiger partial charge in [0.05, 0.1) is 11.8 Å². The molecule has 0 bridgehead atoms. The normalized spacial score (nSPS) is 22.5. The zero-order valence-electron chi connectivity index (χ0n) is 9.73. The number of aromatic amines is 1. The minimum Gasteiger partial charge on any atom is -0.481 e. The summed E-state index contributed by atoms with van der Waals surface area (Å²) in [6.07, 6.45) is 0.419. The largest absolute Gasteiger partial charge is 0.481 e. The number of H-pyrrole nitrogens is 1. The van der Waals surface area contributed by atoms with Crippen molar-refractivity contribution in [2.75, 3.05) is 5.32 Å². The van der Waals surface area contributed by atoms with Gasteiger partial charge < -0.3 is 10.4 Å². The van der Waals surface area contributed by atoms with Crippen LogP contribution in [0.5, 0.6) is 0 Å². The average molecular weight is 237 g/mol. The highest BCUT2D eigenvalue weighted by molar-refractivity contribution is 5.97. The number of hydrogen-bond acceptors (Lipinski definition) is 3. The van der Waals surface area contributed by atoms with E-state index in [2.05, 4.69) is 15.5 Å². The van der Waals surface area contributed by atoms with E-state index in [0.29, 0.717) is 18.2 Å². The van der Waals surface area contributed by atoms with Crippen LogP contribution in [-0.4, -0.2) is 27.2 Å². The van der Waals surface area contributed by atoms with Crippen molar-refractivity contribution in [2.45, 2.75) is 26.2 Å². The first kappa shape index (κ1) is 11.6. The number of carbonyl (C=O) groups is 2. The molecule has 2 unspecified atom stereocenters. The summed E-state index contributed by atoms with van der Waals surface area (Å²) in [7, 11) is 0. The van der Waals surface area contributed by atoms with Gasteiger partial charge in [0.25, 0.3) is 0 Å². The van der Waals surface area contributed by atoms with Crippen molar-refractivity contribution in [2.24, 2.45) is 11.8 Å². The molecule has 1 saturated carbocycles. The molecule has 2 atom stereocenters. The summed E-state index contributed by atoms with van der Waals surface area (Å²) in [4.78, 5) is 22.3. The Kier molecular flexibility index (Phi) is 2.87. The van der Waals surface area contributed by atoms with Crippen molar-refractivity contribution in [3.8, 4) is 0 Å². The van der Waals surface area contributed by atoms with E-state index < -0.39 is 17.8 Å². The zero-order chi connectivity index (χ0) is 12.6. The maximum absolute atomic E-state index is 11.6. The van der Waals surface area contributed by atoms with Crippen molar-refractivity contribution >= 4 is 17.7 Å². The Morgan fingerprint density at radius 3 is 2.71 bits per heavy atom. The lowest BCUT2D eigenvalue weighted by molar-refractivity contribution is -0.139. The fraction of sp³-hybridized carbons (Fsp3) is 0.545. The Morgan fingerprint density at radius 2 is 2.24 bits per heavy atom. The molecule has 0 aliphatic heterocycles. The molecular formula is C11H15N3O3. The molecule has 1 aromatic rings. The van der Waals surface area contributed by atoms with Gasteiger partial charge in [0.2, 0.25) is 5.91 Å². The second-order valence-corrected chi connectivity index (χ2v) is 4.64. The van der Waals surface area contributed by atoms with Gasteiger partial charge in [0.15, 0.2) is 5.82 Å². The van der Waals surface area contributed by atoms with E-state index in [0.717, 1.165) is 5.69 Å². The lowest BCUT2D eigenvalue weighted by Gasteiger charge is -1.99. The summed E-state index contributed by atoms with van der Waals surface area (Å²) in [6.45, 7) is 4.03. The second kappa shape index (κ2) is 4.20. The number of rotatable bonds is 4. The van der Waals surface area contributed by atoms with E-state index in [9.17, 15) is 9.59 Å². The lowest BCUT2D eigenvalue weighted by Crippen LogP contribution is -2.16. The highest BCUT2D eigenvalue weighted by Crippen LogP contribution is 2.39. The van der Waals surface area contributed by atoms with Gasteiger partial charge in [-0.1, -0.05) is 13.8 Å². The van der Waals surface area contributed by atoms with E-state index >= 15 is 0 Å². The van der Waals surface area contributed by atoms with Crippen molar-refractivity contribution in [3.63, 3.8) is 0 Å². The van der Waals surface area contributed by atoms with Crippen LogP contribution in [-0.2, 0) is 9.59 Å². The van der Waals surface area contributed by atoms with Gasteiger partial charge in [0.1, 0.15) is 0 Å². The van der Waals surface area contributed by atoms with Crippen LogP contribution in [0.4, 0.5) is 5.82 Å². The van der Waals surface area contributed by atoms with Crippen LogP contribution < -0.4 is 5.32 Å². The maximum Gasteiger partial charge on any atom is 0.307 e. The number of carboxylic acid groups (broad SMARTS) is 1. The number of amides is 1. The summed E-state index contributed by atoms with van der Waals surface area (Å²) in [5.74, 6) is -1.35. The van der Waals surface area contributed by atoms with Gasteiger partial charge in [0, 0.05) is 11.8 Å². The molecule has 0 radical (unpaired) electrons. The number of nitrogens with one attached hydrogen (secondary N) is 2. The standard InChI is InChI=1S/C11H15N3O3/c1-5(2)8-4-9(14-13-8)12-10(15)6-3-7(6)11(16)17/h4-7H,3H2,1-2H3,(H,16,17)(H2,12,13,14,15). The molecule has 2 rings (SSSR count). The fourth-order valence-corrected chi connectivity index (χ4v) is 1.67. The molecule has 1 heterocycles. The zero-order valence-corrected chi connectivity index (χ0v) is 9.73. The first-order chi connectivity index (χ1) is 7.99. The Morgan fingerprint density at radius 1 is 1.53 bits per heavy atom. The molecule has 3 N–H and O–H groups in total. The van der Waals surface area contributed by atoms with Gasteiger partial charge in [-0.05, 0) is 12.3 Å². The molecular weight excluding hydrogens is 222 g/mol. The number of hydrogen-bond donors (Lipinski definition) is 3. The number of aliphatic carboxylic acids is 1. The topological polar surface area (TPSA) is 95.1 Å². The SMILES string of the molecule is CC(C)c1cc(NC(=O)C2CC2C(=O)O)n[nH]1. The van der Waals surface area contributed by atoms with Crippen LogP contribution in [0.3, 0.4) is 0 Å². The summed E-state index contributed by atoms with van der Waals surface area (Å²) < 4.78 is 0. The monoisotopic (exact) mass is 237 g/mol. The van der Waals surface area contributed by atoms with Crippen LogP contribution >= 0.6 is 0 Å². The van der Waals surface area contributed by atoms with E-state index in [4.69, 9.17) is 5.11 Å². The molecule has 6 heteroatoms. The smallest absolute Gasteiger partial charge is 0.307 e. The number of anilines is 1. The predicted molar refractivity (Wildman–Crippen MR) is 60.5 cm³/mol. The highest BCUT2D eigenvalue weighted by atomic mass is 16.4. The first-order valence-corrected chi connectivity index (χ1v) is 5.58. The molecule has 1 aliphatic carbocycles. The van der Waals surface area contributed by atoms with E-state index in [-0.39, 0.29) is 5.91 Å². The predicted octanol–water partition coefficient (Wildman–Crippen LogP) is 1.19. The van der Waals surface area contributed by atoms with Crippen LogP contribution in [0.25, 0.3) is 0 Å². The minimum atomic E-state index is -0.907. The summed E-state index contributed by atoms with van der Waals surface area (Å²) in [5.41, 5.74) is 0.936. The molecule has 1 aliphatic rings. The minimum absolute atomic E-state index is 0.265. The van der Waals surface area contributed by atoms with Crippen LogP contribution in [0.1, 0.15) is 31.9 Å². The van der Waals surface area contributed by atoms with Gasteiger partial charge in [-0.3, -0.25) is 14.7 Å². The highest BCUT2D eigenvalue weighted by Gasteiger charge is 2.48. The quantitative estimate of drug-likeness (QED) is 0.733. The first-order valence-electron chi connectivity index (χ1n) is 5.58. The maximum atomic E-state index is 11.6. The van der Waals surface area contributed by atoms with E-state index in [1.165, 1.54) is 0 Å². The Balaban J connectivity index is 1.93. The van der Waals surface area contributed by atoms with E-state index in [1.807, 2.05) is 13.8 Å². The number of carbonyl (C=O) groups excluding carboxylic acids is 1. The molecule has 0 aromatic carbocycles. The second-order valence-electron chi connectivity index (χ2n) is 4.64. The molecule has 0 saturated heterocycles. The van der Waals surface area contributed by atoms with Crippen molar-refractivity contribution < 1.29 is 14.7 Å². The van der Waals surface area contributed by atoms with Crippen molar-refractivity contribution in [1.29, 1.82) is 0 Å². The number of aromatic nitrogens is 2. The fourth-order valence-electron chi connectivity index (χ4n) is 1.67. The summed E-state index contributed by atoms with van der Waals surface area (Å²) in [6, 6.07) is 1.76. The summed E-state index contributed by atoms with van der Waals surface area (Å²) in [5, 5.41) is 18.1. The van der Waals surface area contributed by atoms with Gasteiger partial charge in [-0.2, -0.15) is 5.10 Å².